The Hall–Kier alpha value is -4.05. The number of pyridine rings is 1. The number of halogens is 2. The normalized spacial score (nSPS) is 13.9. The molecule has 182 valence electrons. The van der Waals surface area contributed by atoms with Gasteiger partial charge in [-0.1, -0.05) is 6.07 Å². The van der Waals surface area contributed by atoms with Gasteiger partial charge in [-0.2, -0.15) is 10.2 Å². The molecule has 10 heteroatoms. The Balaban J connectivity index is 1.47. The fourth-order valence-corrected chi connectivity index (χ4v) is 5.66. The number of rotatable bonds is 6. The van der Waals surface area contributed by atoms with E-state index in [-0.39, 0.29) is 5.56 Å². The minimum Gasteiger partial charge on any atom is -0.283 e. The lowest BCUT2D eigenvalue weighted by molar-refractivity contribution is 0.585. The Labute approximate surface area is 206 Å². The Morgan fingerprint density at radius 1 is 0.861 bits per heavy atom. The standard InChI is InChI=1S/C26H21F2N5O2S/c1-32-14-19(12-29-32)16-2-7-26-24(13-30-33(26)15-16)18-8-17(23-6-3-20(27)11-25(23)28)9-21(10-18)31-36(34,35)22-4-5-22/h2-3,6-15,22,31H,4-5H2,1H3. The largest absolute Gasteiger partial charge is 0.283 e. The first-order valence-electron chi connectivity index (χ1n) is 11.4. The third-order valence-corrected chi connectivity index (χ3v) is 8.13. The first kappa shape index (κ1) is 22.4. The average Bonchev–Trinajstić information content (AvgIpc) is 3.49. The summed E-state index contributed by atoms with van der Waals surface area (Å²) in [5, 5.41) is 8.28. The molecule has 0 saturated heterocycles. The lowest BCUT2D eigenvalue weighted by Crippen LogP contribution is -2.17. The Morgan fingerprint density at radius 3 is 2.33 bits per heavy atom. The molecule has 3 aromatic heterocycles. The van der Waals surface area contributed by atoms with Crippen molar-refractivity contribution in [2.75, 3.05) is 4.72 Å². The van der Waals surface area contributed by atoms with Crippen molar-refractivity contribution in [3.05, 3.63) is 85.0 Å². The topological polar surface area (TPSA) is 81.3 Å². The van der Waals surface area contributed by atoms with E-state index >= 15 is 0 Å². The fraction of sp³-hybridized carbons (Fsp3) is 0.154. The molecule has 7 nitrogen and oxygen atoms in total. The Morgan fingerprint density at radius 2 is 1.64 bits per heavy atom. The number of benzene rings is 2. The van der Waals surface area contributed by atoms with Crippen molar-refractivity contribution in [3.8, 4) is 33.4 Å². The number of anilines is 1. The average molecular weight is 506 g/mol. The number of nitrogens with one attached hydrogen (secondary N) is 1. The molecule has 0 spiro atoms. The third kappa shape index (κ3) is 4.13. The summed E-state index contributed by atoms with van der Waals surface area (Å²) < 4.78 is 59.6. The summed E-state index contributed by atoms with van der Waals surface area (Å²) in [5.41, 5.74) is 4.95. The van der Waals surface area contributed by atoms with E-state index < -0.39 is 26.9 Å². The SMILES string of the molecule is Cn1cc(-c2ccc3c(-c4cc(NS(=O)(=O)C5CC5)cc(-c5ccc(F)cc5F)c4)cnn3c2)cn1. The number of hydrogen-bond acceptors (Lipinski definition) is 4. The summed E-state index contributed by atoms with van der Waals surface area (Å²) in [6, 6.07) is 12.2. The highest BCUT2D eigenvalue weighted by molar-refractivity contribution is 7.93. The van der Waals surface area contributed by atoms with Gasteiger partial charge in [0, 0.05) is 53.4 Å². The monoisotopic (exact) mass is 505 g/mol. The molecular weight excluding hydrogens is 484 g/mol. The van der Waals surface area contributed by atoms with Gasteiger partial charge in [0.1, 0.15) is 11.6 Å². The molecule has 0 radical (unpaired) electrons. The van der Waals surface area contributed by atoms with Gasteiger partial charge in [0.2, 0.25) is 10.0 Å². The molecule has 36 heavy (non-hydrogen) atoms. The number of aryl methyl sites for hydroxylation is 1. The molecule has 1 N–H and O–H groups in total. The van der Waals surface area contributed by atoms with Gasteiger partial charge >= 0.3 is 0 Å². The van der Waals surface area contributed by atoms with Gasteiger partial charge in [-0.3, -0.25) is 9.40 Å². The van der Waals surface area contributed by atoms with E-state index in [9.17, 15) is 17.2 Å². The van der Waals surface area contributed by atoms with Crippen molar-refractivity contribution < 1.29 is 17.2 Å². The van der Waals surface area contributed by atoms with Crippen LogP contribution in [0.4, 0.5) is 14.5 Å². The molecule has 2 aromatic carbocycles. The van der Waals surface area contributed by atoms with Crippen LogP contribution in [0, 0.1) is 11.6 Å². The van der Waals surface area contributed by atoms with Gasteiger partial charge in [-0.05, 0) is 60.4 Å². The van der Waals surface area contributed by atoms with Crippen LogP contribution in [-0.2, 0) is 17.1 Å². The van der Waals surface area contributed by atoms with Crippen molar-refractivity contribution in [3.63, 3.8) is 0 Å². The molecule has 0 unspecified atom stereocenters. The van der Waals surface area contributed by atoms with E-state index in [1.807, 2.05) is 31.6 Å². The number of fused-ring (bicyclic) bond motifs is 1. The van der Waals surface area contributed by atoms with Crippen LogP contribution in [-0.4, -0.2) is 33.1 Å². The van der Waals surface area contributed by atoms with Gasteiger partial charge < -0.3 is 0 Å². The predicted molar refractivity (Wildman–Crippen MR) is 134 cm³/mol. The van der Waals surface area contributed by atoms with Gasteiger partial charge in [-0.15, -0.1) is 0 Å². The first-order chi connectivity index (χ1) is 17.3. The number of hydrogen-bond donors (Lipinski definition) is 1. The molecule has 1 fully saturated rings. The van der Waals surface area contributed by atoms with E-state index in [4.69, 9.17) is 0 Å². The quantitative estimate of drug-likeness (QED) is 0.342. The van der Waals surface area contributed by atoms with E-state index in [0.717, 1.165) is 28.3 Å². The molecule has 0 bridgehead atoms. The van der Waals surface area contributed by atoms with E-state index in [1.165, 1.54) is 12.1 Å². The summed E-state index contributed by atoms with van der Waals surface area (Å²) in [7, 11) is -1.70. The summed E-state index contributed by atoms with van der Waals surface area (Å²) in [6.45, 7) is 0. The third-order valence-electron chi connectivity index (χ3n) is 6.26. The van der Waals surface area contributed by atoms with Crippen LogP contribution in [0.2, 0.25) is 0 Å². The highest BCUT2D eigenvalue weighted by Gasteiger charge is 2.35. The van der Waals surface area contributed by atoms with Gasteiger partial charge in [0.05, 0.1) is 23.2 Å². The summed E-state index contributed by atoms with van der Waals surface area (Å²) >= 11 is 0. The van der Waals surface area contributed by atoms with Crippen LogP contribution in [0.3, 0.4) is 0 Å². The van der Waals surface area contributed by atoms with Crippen LogP contribution in [0.25, 0.3) is 38.9 Å². The molecule has 1 aliphatic carbocycles. The zero-order valence-corrected chi connectivity index (χ0v) is 20.0. The fourth-order valence-electron chi connectivity index (χ4n) is 4.29. The Bertz CT molecular complexity index is 1740. The van der Waals surface area contributed by atoms with Crippen molar-refractivity contribution in [1.29, 1.82) is 0 Å². The highest BCUT2D eigenvalue weighted by Crippen LogP contribution is 2.36. The molecule has 0 atom stereocenters. The Kier molecular flexibility index (Phi) is 5.15. The van der Waals surface area contributed by atoms with Crippen LogP contribution < -0.4 is 4.72 Å². The van der Waals surface area contributed by atoms with Crippen molar-refractivity contribution in [1.82, 2.24) is 19.4 Å². The van der Waals surface area contributed by atoms with Crippen molar-refractivity contribution in [2.45, 2.75) is 18.1 Å². The summed E-state index contributed by atoms with van der Waals surface area (Å²) in [6.07, 6.45) is 8.47. The maximum Gasteiger partial charge on any atom is 0.235 e. The second-order valence-corrected chi connectivity index (χ2v) is 10.9. The summed E-state index contributed by atoms with van der Waals surface area (Å²) in [4.78, 5) is 0. The molecule has 1 saturated carbocycles. The predicted octanol–water partition coefficient (Wildman–Crippen LogP) is 5.25. The molecule has 0 aliphatic heterocycles. The highest BCUT2D eigenvalue weighted by atomic mass is 32.2. The molecule has 3 heterocycles. The van der Waals surface area contributed by atoms with Crippen LogP contribution in [0.5, 0.6) is 0 Å². The minimum atomic E-state index is -3.55. The second kappa shape index (κ2) is 8.27. The van der Waals surface area contributed by atoms with Gasteiger partial charge in [0.25, 0.3) is 0 Å². The molecule has 1 aliphatic rings. The smallest absolute Gasteiger partial charge is 0.235 e. The van der Waals surface area contributed by atoms with Gasteiger partial charge in [-0.25, -0.2) is 21.7 Å². The number of nitrogens with zero attached hydrogens (tertiary/aromatic N) is 4. The lowest BCUT2D eigenvalue weighted by Gasteiger charge is -2.13. The number of sulfonamides is 1. The van der Waals surface area contributed by atoms with Crippen molar-refractivity contribution >= 4 is 21.2 Å². The maximum absolute atomic E-state index is 14.7. The zero-order chi connectivity index (χ0) is 25.0. The molecule has 0 amide bonds. The zero-order valence-electron chi connectivity index (χ0n) is 19.2. The van der Waals surface area contributed by atoms with Crippen molar-refractivity contribution in [2.24, 2.45) is 7.05 Å². The van der Waals surface area contributed by atoms with Crippen LogP contribution >= 0.6 is 0 Å². The lowest BCUT2D eigenvalue weighted by atomic mass is 9.98. The minimum absolute atomic E-state index is 0.167. The first-order valence-corrected chi connectivity index (χ1v) is 12.9. The molecule has 6 rings (SSSR count). The van der Waals surface area contributed by atoms with Crippen LogP contribution in [0.1, 0.15) is 12.8 Å². The molecule has 5 aromatic rings. The van der Waals surface area contributed by atoms with Gasteiger partial charge in [0.15, 0.2) is 0 Å². The van der Waals surface area contributed by atoms with E-state index in [1.54, 1.807) is 39.8 Å². The van der Waals surface area contributed by atoms with E-state index in [2.05, 4.69) is 14.9 Å². The van der Waals surface area contributed by atoms with E-state index in [0.29, 0.717) is 29.7 Å². The second-order valence-electron chi connectivity index (χ2n) is 8.98. The van der Waals surface area contributed by atoms with Crippen LogP contribution in [0.15, 0.2) is 73.3 Å². The molecular formula is C26H21F2N5O2S. The number of aromatic nitrogens is 4. The summed E-state index contributed by atoms with van der Waals surface area (Å²) in [5.74, 6) is -1.42. The maximum atomic E-state index is 14.7.